The molecule has 0 fully saturated rings. The van der Waals surface area contributed by atoms with Crippen LogP contribution in [0.15, 0.2) is 28.8 Å². The van der Waals surface area contributed by atoms with Crippen molar-refractivity contribution in [3.8, 4) is 11.4 Å². The number of nitrogens with zero attached hydrogens (tertiary/aromatic N) is 3. The van der Waals surface area contributed by atoms with Gasteiger partial charge in [-0.1, -0.05) is 19.0 Å². The molecule has 1 amide bonds. The minimum atomic E-state index is -0.404. The zero-order valence-corrected chi connectivity index (χ0v) is 12.6. The predicted molar refractivity (Wildman–Crippen MR) is 79.0 cm³/mol. The SMILES string of the molecule is CC(C)CN(CC(N)=O)Cc1nc(-c2ccc(F)cc2)no1. The number of primary amides is 1. The lowest BCUT2D eigenvalue weighted by molar-refractivity contribution is -0.119. The minimum absolute atomic E-state index is 0.131. The molecule has 118 valence electrons. The molecule has 22 heavy (non-hydrogen) atoms. The van der Waals surface area contributed by atoms with Crippen molar-refractivity contribution in [3.05, 3.63) is 36.0 Å². The molecule has 0 saturated carbocycles. The molecule has 0 radical (unpaired) electrons. The second-order valence-electron chi connectivity index (χ2n) is 5.55. The third kappa shape index (κ3) is 4.63. The molecule has 0 saturated heterocycles. The summed E-state index contributed by atoms with van der Waals surface area (Å²) in [5.41, 5.74) is 5.92. The monoisotopic (exact) mass is 306 g/mol. The molecule has 7 heteroatoms. The summed E-state index contributed by atoms with van der Waals surface area (Å²) in [7, 11) is 0. The van der Waals surface area contributed by atoms with Gasteiger partial charge in [-0.2, -0.15) is 4.98 Å². The van der Waals surface area contributed by atoms with Crippen molar-refractivity contribution in [3.63, 3.8) is 0 Å². The van der Waals surface area contributed by atoms with E-state index in [1.165, 1.54) is 12.1 Å². The van der Waals surface area contributed by atoms with Crippen molar-refractivity contribution in [2.45, 2.75) is 20.4 Å². The van der Waals surface area contributed by atoms with Gasteiger partial charge in [0, 0.05) is 12.1 Å². The van der Waals surface area contributed by atoms with E-state index in [9.17, 15) is 9.18 Å². The number of benzene rings is 1. The lowest BCUT2D eigenvalue weighted by atomic mass is 10.2. The predicted octanol–water partition coefficient (Wildman–Crippen LogP) is 1.82. The Morgan fingerprint density at radius 1 is 1.36 bits per heavy atom. The highest BCUT2D eigenvalue weighted by Crippen LogP contribution is 2.17. The Morgan fingerprint density at radius 3 is 2.64 bits per heavy atom. The average molecular weight is 306 g/mol. The number of carbonyl (C=O) groups excluding carboxylic acids is 1. The Balaban J connectivity index is 2.09. The first-order valence-corrected chi connectivity index (χ1v) is 7.03. The molecule has 0 aliphatic carbocycles. The van der Waals surface area contributed by atoms with E-state index in [0.717, 1.165) is 0 Å². The van der Waals surface area contributed by atoms with Gasteiger partial charge >= 0.3 is 0 Å². The van der Waals surface area contributed by atoms with Crippen molar-refractivity contribution in [2.75, 3.05) is 13.1 Å². The van der Waals surface area contributed by atoms with Gasteiger partial charge in [0.25, 0.3) is 0 Å². The van der Waals surface area contributed by atoms with Crippen molar-refractivity contribution >= 4 is 5.91 Å². The molecule has 2 rings (SSSR count). The van der Waals surface area contributed by atoms with Gasteiger partial charge in [0.2, 0.25) is 17.6 Å². The van der Waals surface area contributed by atoms with E-state index in [1.54, 1.807) is 12.1 Å². The normalized spacial score (nSPS) is 11.3. The van der Waals surface area contributed by atoms with Crippen molar-refractivity contribution in [1.82, 2.24) is 15.0 Å². The van der Waals surface area contributed by atoms with Crippen LogP contribution in [0.3, 0.4) is 0 Å². The highest BCUT2D eigenvalue weighted by Gasteiger charge is 2.16. The Bertz CT molecular complexity index is 625. The summed E-state index contributed by atoms with van der Waals surface area (Å²) in [5, 5.41) is 3.88. The second kappa shape index (κ2) is 7.13. The highest BCUT2D eigenvalue weighted by atomic mass is 19.1. The number of hydrogen-bond donors (Lipinski definition) is 1. The highest BCUT2D eigenvalue weighted by molar-refractivity contribution is 5.75. The molecule has 0 aliphatic heterocycles. The van der Waals surface area contributed by atoms with Gasteiger partial charge in [-0.25, -0.2) is 4.39 Å². The van der Waals surface area contributed by atoms with E-state index in [0.29, 0.717) is 36.3 Å². The van der Waals surface area contributed by atoms with Gasteiger partial charge in [0.1, 0.15) is 5.82 Å². The Morgan fingerprint density at radius 2 is 2.05 bits per heavy atom. The molecule has 0 atom stereocenters. The van der Waals surface area contributed by atoms with Crippen molar-refractivity contribution in [2.24, 2.45) is 11.7 Å². The molecule has 2 aromatic rings. The molecule has 0 aliphatic rings. The quantitative estimate of drug-likeness (QED) is 0.843. The standard InChI is InChI=1S/C15H19FN4O2/c1-10(2)7-20(8-13(17)21)9-14-18-15(19-22-14)11-3-5-12(16)6-4-11/h3-6,10H,7-9H2,1-2H3,(H2,17,21). The van der Waals surface area contributed by atoms with Crippen LogP contribution < -0.4 is 5.73 Å². The number of aromatic nitrogens is 2. The van der Waals surface area contributed by atoms with Gasteiger partial charge in [-0.3, -0.25) is 9.69 Å². The maximum Gasteiger partial charge on any atom is 0.241 e. The molecule has 0 unspecified atom stereocenters. The largest absolute Gasteiger partial charge is 0.369 e. The third-order valence-electron chi connectivity index (χ3n) is 2.93. The summed E-state index contributed by atoms with van der Waals surface area (Å²) >= 11 is 0. The topological polar surface area (TPSA) is 85.2 Å². The van der Waals surface area contributed by atoms with E-state index in [-0.39, 0.29) is 12.4 Å². The van der Waals surface area contributed by atoms with Crippen LogP contribution in [0.1, 0.15) is 19.7 Å². The minimum Gasteiger partial charge on any atom is -0.369 e. The van der Waals surface area contributed by atoms with Crippen LogP contribution in [0.4, 0.5) is 4.39 Å². The summed E-state index contributed by atoms with van der Waals surface area (Å²) in [6.07, 6.45) is 0. The molecule has 2 N–H and O–H groups in total. The van der Waals surface area contributed by atoms with E-state index in [4.69, 9.17) is 10.3 Å². The zero-order chi connectivity index (χ0) is 16.1. The second-order valence-corrected chi connectivity index (χ2v) is 5.55. The maximum absolute atomic E-state index is 12.9. The average Bonchev–Trinajstić information content (AvgIpc) is 2.86. The van der Waals surface area contributed by atoms with Crippen molar-refractivity contribution < 1.29 is 13.7 Å². The van der Waals surface area contributed by atoms with Gasteiger partial charge in [0.15, 0.2) is 0 Å². The molecule has 1 aromatic heterocycles. The van der Waals surface area contributed by atoms with E-state index >= 15 is 0 Å². The first-order chi connectivity index (χ1) is 10.4. The molecular weight excluding hydrogens is 287 g/mol. The number of nitrogens with two attached hydrogens (primary N) is 1. The first kappa shape index (κ1) is 16.1. The summed E-state index contributed by atoms with van der Waals surface area (Å²) in [6, 6.07) is 5.84. The first-order valence-electron chi connectivity index (χ1n) is 7.03. The number of amides is 1. The molecule has 0 bridgehead atoms. The zero-order valence-electron chi connectivity index (χ0n) is 12.6. The van der Waals surface area contributed by atoms with E-state index in [1.807, 2.05) is 18.7 Å². The van der Waals surface area contributed by atoms with Crippen molar-refractivity contribution in [1.29, 1.82) is 0 Å². The van der Waals surface area contributed by atoms with Gasteiger partial charge in [-0.05, 0) is 30.2 Å². The Hall–Kier alpha value is -2.28. The summed E-state index contributed by atoms with van der Waals surface area (Å²) in [5.74, 6) is 0.426. The number of halogens is 1. The molecule has 0 spiro atoms. The van der Waals surface area contributed by atoms with E-state index < -0.39 is 5.91 Å². The fourth-order valence-corrected chi connectivity index (χ4v) is 2.15. The summed E-state index contributed by atoms with van der Waals surface area (Å²) < 4.78 is 18.1. The lowest BCUT2D eigenvalue weighted by Gasteiger charge is -2.20. The van der Waals surface area contributed by atoms with Crippen LogP contribution >= 0.6 is 0 Å². The third-order valence-corrected chi connectivity index (χ3v) is 2.93. The lowest BCUT2D eigenvalue weighted by Crippen LogP contribution is -2.35. The van der Waals surface area contributed by atoms with Gasteiger partial charge in [0.05, 0.1) is 13.1 Å². The Labute approximate surface area is 128 Å². The van der Waals surface area contributed by atoms with Gasteiger partial charge in [-0.15, -0.1) is 0 Å². The van der Waals surface area contributed by atoms with Crippen LogP contribution in [0.5, 0.6) is 0 Å². The number of hydrogen-bond acceptors (Lipinski definition) is 5. The van der Waals surface area contributed by atoms with Crippen LogP contribution in [-0.4, -0.2) is 34.0 Å². The van der Waals surface area contributed by atoms with Crippen LogP contribution in [0.2, 0.25) is 0 Å². The van der Waals surface area contributed by atoms with Crippen LogP contribution in [0.25, 0.3) is 11.4 Å². The number of rotatable bonds is 7. The molecule has 1 aromatic carbocycles. The molecule has 6 nitrogen and oxygen atoms in total. The molecule has 1 heterocycles. The fourth-order valence-electron chi connectivity index (χ4n) is 2.15. The van der Waals surface area contributed by atoms with E-state index in [2.05, 4.69) is 10.1 Å². The summed E-state index contributed by atoms with van der Waals surface area (Å²) in [6.45, 7) is 5.26. The Kier molecular flexibility index (Phi) is 5.21. The fraction of sp³-hybridized carbons (Fsp3) is 0.400. The molecular formula is C15H19FN4O2. The van der Waals surface area contributed by atoms with Crippen LogP contribution in [-0.2, 0) is 11.3 Å². The smallest absolute Gasteiger partial charge is 0.241 e. The maximum atomic E-state index is 12.9. The van der Waals surface area contributed by atoms with Crippen LogP contribution in [0, 0.1) is 11.7 Å². The summed E-state index contributed by atoms with van der Waals surface area (Å²) in [4.78, 5) is 17.2. The van der Waals surface area contributed by atoms with Gasteiger partial charge < -0.3 is 10.3 Å². The number of carbonyl (C=O) groups is 1.